The molecule has 0 spiro atoms. The zero-order chi connectivity index (χ0) is 16.5. The molecule has 122 valence electrons. The molecule has 0 bridgehead atoms. The summed E-state index contributed by atoms with van der Waals surface area (Å²) >= 11 is 3.43. The summed E-state index contributed by atoms with van der Waals surface area (Å²) < 4.78 is 6.60. The molecule has 0 aliphatic carbocycles. The molecule has 0 saturated carbocycles. The monoisotopic (exact) mass is 384 g/mol. The summed E-state index contributed by atoms with van der Waals surface area (Å²) in [5.41, 5.74) is 2.64. The van der Waals surface area contributed by atoms with Gasteiger partial charge in [-0.15, -0.1) is 0 Å². The van der Waals surface area contributed by atoms with Gasteiger partial charge in [0.05, 0.1) is 0 Å². The first-order valence-electron chi connectivity index (χ1n) is 8.04. The van der Waals surface area contributed by atoms with Crippen LogP contribution >= 0.6 is 15.9 Å². The van der Waals surface area contributed by atoms with Gasteiger partial charge in [-0.25, -0.2) is 0 Å². The molecule has 4 rings (SSSR count). The highest BCUT2D eigenvalue weighted by Gasteiger charge is 2.15. The molecule has 1 saturated heterocycles. The second-order valence-electron chi connectivity index (χ2n) is 5.99. The summed E-state index contributed by atoms with van der Waals surface area (Å²) in [5, 5.41) is 3.83. The van der Waals surface area contributed by atoms with Gasteiger partial charge in [-0.3, -0.25) is 4.79 Å². The third-order valence-electron chi connectivity index (χ3n) is 4.28. The van der Waals surface area contributed by atoms with Gasteiger partial charge in [0.25, 0.3) is 5.91 Å². The number of halogens is 1. The Balaban J connectivity index is 1.55. The minimum absolute atomic E-state index is 0.235. The van der Waals surface area contributed by atoms with Gasteiger partial charge in [-0.05, 0) is 55.3 Å². The third kappa shape index (κ3) is 3.04. The highest BCUT2D eigenvalue weighted by atomic mass is 79.9. The Morgan fingerprint density at radius 3 is 2.75 bits per heavy atom. The Morgan fingerprint density at radius 2 is 1.92 bits per heavy atom. The average molecular weight is 385 g/mol. The van der Waals surface area contributed by atoms with Crippen molar-refractivity contribution in [3.63, 3.8) is 0 Å². The zero-order valence-corrected chi connectivity index (χ0v) is 14.7. The first kappa shape index (κ1) is 15.3. The van der Waals surface area contributed by atoms with E-state index in [1.165, 1.54) is 12.8 Å². The predicted octanol–water partition coefficient (Wildman–Crippen LogP) is 5.05. The molecular formula is C19H17BrN2O2. The molecule has 2 heterocycles. The van der Waals surface area contributed by atoms with Gasteiger partial charge in [0.15, 0.2) is 5.76 Å². The number of nitrogens with one attached hydrogen (secondary N) is 1. The molecule has 1 N–H and O–H groups in total. The Bertz CT molecular complexity index is 897. The van der Waals surface area contributed by atoms with E-state index in [9.17, 15) is 4.79 Å². The Kier molecular flexibility index (Phi) is 4.02. The lowest BCUT2D eigenvalue weighted by Gasteiger charge is -2.18. The van der Waals surface area contributed by atoms with Crippen molar-refractivity contribution in [2.24, 2.45) is 0 Å². The SMILES string of the molecule is O=C(Nc1cccc(N2CCCC2)c1)c1cc2cc(Br)ccc2o1. The fourth-order valence-electron chi connectivity index (χ4n) is 3.07. The summed E-state index contributed by atoms with van der Waals surface area (Å²) in [6.07, 6.45) is 2.45. The Morgan fingerprint density at radius 1 is 1.08 bits per heavy atom. The predicted molar refractivity (Wildman–Crippen MR) is 99.8 cm³/mol. The highest BCUT2D eigenvalue weighted by Crippen LogP contribution is 2.26. The number of hydrogen-bond donors (Lipinski definition) is 1. The lowest BCUT2D eigenvalue weighted by atomic mass is 10.2. The molecule has 0 radical (unpaired) electrons. The minimum atomic E-state index is -0.235. The molecule has 1 fully saturated rings. The summed E-state index contributed by atoms with van der Waals surface area (Å²) in [6, 6.07) is 15.4. The molecule has 1 aromatic heterocycles. The lowest BCUT2D eigenvalue weighted by molar-refractivity contribution is 0.0998. The molecule has 3 aromatic rings. The van der Waals surface area contributed by atoms with Crippen LogP contribution in [-0.2, 0) is 0 Å². The van der Waals surface area contributed by atoms with Crippen molar-refractivity contribution in [1.82, 2.24) is 0 Å². The topological polar surface area (TPSA) is 45.5 Å². The summed E-state index contributed by atoms with van der Waals surface area (Å²) in [4.78, 5) is 14.8. The molecule has 1 amide bonds. The maximum absolute atomic E-state index is 12.5. The van der Waals surface area contributed by atoms with Crippen LogP contribution < -0.4 is 10.2 Å². The second-order valence-corrected chi connectivity index (χ2v) is 6.91. The van der Waals surface area contributed by atoms with Crippen molar-refractivity contribution < 1.29 is 9.21 Å². The van der Waals surface area contributed by atoms with Crippen LogP contribution in [0.1, 0.15) is 23.4 Å². The maximum Gasteiger partial charge on any atom is 0.291 e. The average Bonchev–Trinajstić information content (AvgIpc) is 3.24. The van der Waals surface area contributed by atoms with E-state index in [-0.39, 0.29) is 5.91 Å². The lowest BCUT2D eigenvalue weighted by Crippen LogP contribution is -2.18. The van der Waals surface area contributed by atoms with Crippen molar-refractivity contribution in [3.05, 3.63) is 58.8 Å². The highest BCUT2D eigenvalue weighted by molar-refractivity contribution is 9.10. The number of furan rings is 1. The van der Waals surface area contributed by atoms with Crippen LogP contribution in [0.5, 0.6) is 0 Å². The van der Waals surface area contributed by atoms with Gasteiger partial charge in [0.1, 0.15) is 5.58 Å². The van der Waals surface area contributed by atoms with Crippen molar-refractivity contribution in [2.75, 3.05) is 23.3 Å². The number of benzene rings is 2. The molecule has 2 aromatic carbocycles. The molecule has 0 unspecified atom stereocenters. The summed E-state index contributed by atoms with van der Waals surface area (Å²) in [5.74, 6) is 0.0792. The van der Waals surface area contributed by atoms with E-state index >= 15 is 0 Å². The quantitative estimate of drug-likeness (QED) is 0.687. The minimum Gasteiger partial charge on any atom is -0.451 e. The number of nitrogens with zero attached hydrogens (tertiary/aromatic N) is 1. The van der Waals surface area contributed by atoms with Crippen LogP contribution in [0.25, 0.3) is 11.0 Å². The number of fused-ring (bicyclic) bond motifs is 1. The van der Waals surface area contributed by atoms with Gasteiger partial charge in [-0.2, -0.15) is 0 Å². The number of amides is 1. The molecule has 4 nitrogen and oxygen atoms in total. The Labute approximate surface area is 148 Å². The van der Waals surface area contributed by atoms with Crippen molar-refractivity contribution in [3.8, 4) is 0 Å². The van der Waals surface area contributed by atoms with Gasteiger partial charge >= 0.3 is 0 Å². The van der Waals surface area contributed by atoms with Gasteiger partial charge in [-0.1, -0.05) is 22.0 Å². The van der Waals surface area contributed by atoms with E-state index < -0.39 is 0 Å². The van der Waals surface area contributed by atoms with E-state index in [1.54, 1.807) is 6.07 Å². The summed E-state index contributed by atoms with van der Waals surface area (Å²) in [7, 11) is 0. The number of rotatable bonds is 3. The van der Waals surface area contributed by atoms with Crippen LogP contribution in [0.2, 0.25) is 0 Å². The van der Waals surface area contributed by atoms with Crippen molar-refractivity contribution in [2.45, 2.75) is 12.8 Å². The van der Waals surface area contributed by atoms with E-state index in [1.807, 2.05) is 36.4 Å². The Hall–Kier alpha value is -2.27. The molecule has 1 aliphatic rings. The number of hydrogen-bond acceptors (Lipinski definition) is 3. The van der Waals surface area contributed by atoms with E-state index in [0.717, 1.165) is 34.3 Å². The third-order valence-corrected chi connectivity index (χ3v) is 4.77. The summed E-state index contributed by atoms with van der Waals surface area (Å²) in [6.45, 7) is 2.16. The van der Waals surface area contributed by atoms with Crippen LogP contribution in [-0.4, -0.2) is 19.0 Å². The second kappa shape index (κ2) is 6.32. The number of carbonyl (C=O) groups is 1. The molecular weight excluding hydrogens is 368 g/mol. The maximum atomic E-state index is 12.5. The van der Waals surface area contributed by atoms with Crippen LogP contribution in [0, 0.1) is 0 Å². The largest absolute Gasteiger partial charge is 0.451 e. The van der Waals surface area contributed by atoms with Crippen LogP contribution in [0.3, 0.4) is 0 Å². The van der Waals surface area contributed by atoms with E-state index in [4.69, 9.17) is 4.42 Å². The number of carbonyl (C=O) groups excluding carboxylic acids is 1. The van der Waals surface area contributed by atoms with Gasteiger partial charge in [0, 0.05) is 34.3 Å². The molecule has 24 heavy (non-hydrogen) atoms. The van der Waals surface area contributed by atoms with E-state index in [0.29, 0.717) is 11.3 Å². The van der Waals surface area contributed by atoms with Gasteiger partial charge in [0.2, 0.25) is 0 Å². The molecule has 5 heteroatoms. The fourth-order valence-corrected chi connectivity index (χ4v) is 3.45. The number of anilines is 2. The normalized spacial score (nSPS) is 14.3. The van der Waals surface area contributed by atoms with Crippen LogP contribution in [0.15, 0.2) is 57.4 Å². The molecule has 0 atom stereocenters. The van der Waals surface area contributed by atoms with E-state index in [2.05, 4.69) is 32.2 Å². The van der Waals surface area contributed by atoms with Crippen molar-refractivity contribution >= 4 is 44.2 Å². The first-order chi connectivity index (χ1) is 11.7. The zero-order valence-electron chi connectivity index (χ0n) is 13.1. The van der Waals surface area contributed by atoms with Crippen molar-refractivity contribution in [1.29, 1.82) is 0 Å². The van der Waals surface area contributed by atoms with Gasteiger partial charge < -0.3 is 14.6 Å². The first-order valence-corrected chi connectivity index (χ1v) is 8.84. The van der Waals surface area contributed by atoms with Crippen LogP contribution in [0.4, 0.5) is 11.4 Å². The smallest absolute Gasteiger partial charge is 0.291 e. The standard InChI is InChI=1S/C19H17BrN2O2/c20-14-6-7-17-13(10-14)11-18(24-17)19(23)21-15-4-3-5-16(12-15)22-8-1-2-9-22/h3-7,10-12H,1-2,8-9H2,(H,21,23). The molecule has 1 aliphatic heterocycles. The fraction of sp³-hybridized carbons (Fsp3) is 0.211.